The molecule has 5 fully saturated rings. The first-order valence-corrected chi connectivity index (χ1v) is 14.2. The molecule has 3 unspecified atom stereocenters. The third-order valence-electron chi connectivity index (χ3n) is 9.98. The highest BCUT2D eigenvalue weighted by atomic mass is 19.4. The van der Waals surface area contributed by atoms with E-state index in [2.05, 4.69) is 16.7 Å². The lowest BCUT2D eigenvalue weighted by Gasteiger charge is -2.36. The van der Waals surface area contributed by atoms with Gasteiger partial charge in [0.15, 0.2) is 0 Å². The molecule has 5 aliphatic rings. The fourth-order valence-electron chi connectivity index (χ4n) is 8.11. The molecule has 226 valence electrons. The molecule has 2 aliphatic heterocycles. The van der Waals surface area contributed by atoms with E-state index in [1.54, 1.807) is 26.1 Å². The van der Waals surface area contributed by atoms with E-state index in [0.717, 1.165) is 12.8 Å². The van der Waals surface area contributed by atoms with Gasteiger partial charge in [0, 0.05) is 23.4 Å². The number of likely N-dealkylation sites (tertiary alicyclic amines) is 1. The highest BCUT2D eigenvalue weighted by Crippen LogP contribution is 2.94. The number of fused-ring (bicyclic) bond motifs is 1. The van der Waals surface area contributed by atoms with Crippen molar-refractivity contribution in [2.75, 3.05) is 6.54 Å². The van der Waals surface area contributed by atoms with Gasteiger partial charge >= 0.3 is 12.1 Å². The minimum Gasteiger partial charge on any atom is -0.370 e. The molecule has 2 spiro atoms. The first-order valence-electron chi connectivity index (χ1n) is 14.2. The summed E-state index contributed by atoms with van der Waals surface area (Å²) in [7, 11) is 0. The van der Waals surface area contributed by atoms with Gasteiger partial charge in [-0.05, 0) is 70.6 Å². The Morgan fingerprint density at radius 2 is 1.83 bits per heavy atom. The summed E-state index contributed by atoms with van der Waals surface area (Å²) in [4.78, 5) is 53.4. The van der Waals surface area contributed by atoms with Gasteiger partial charge in [-0.1, -0.05) is 13.8 Å². The van der Waals surface area contributed by atoms with E-state index in [9.17, 15) is 37.6 Å². The molecule has 5 rings (SSSR count). The van der Waals surface area contributed by atoms with Crippen LogP contribution >= 0.6 is 0 Å². The van der Waals surface area contributed by atoms with Crippen LogP contribution in [0.4, 0.5) is 13.2 Å². The number of nitrogens with one attached hydrogen (secondary N) is 3. The molecule has 3 saturated carbocycles. The lowest BCUT2D eigenvalue weighted by molar-refractivity contribution is -0.177. The molecular weight excluding hydrogens is 543 g/mol. The minimum absolute atomic E-state index is 0.00845. The Kier molecular flexibility index (Phi) is 6.54. The maximum Gasteiger partial charge on any atom is 0.471 e. The van der Waals surface area contributed by atoms with Gasteiger partial charge in [0.1, 0.15) is 18.1 Å². The van der Waals surface area contributed by atoms with E-state index >= 15 is 0 Å². The predicted octanol–water partition coefficient (Wildman–Crippen LogP) is 1.79. The molecule has 0 aromatic rings. The van der Waals surface area contributed by atoms with Crippen molar-refractivity contribution < 1.29 is 37.1 Å². The van der Waals surface area contributed by atoms with E-state index in [4.69, 9.17) is 4.74 Å². The Balaban J connectivity index is 1.37. The lowest BCUT2D eigenvalue weighted by atomic mass is 9.83. The van der Waals surface area contributed by atoms with Gasteiger partial charge in [-0.25, -0.2) is 0 Å². The van der Waals surface area contributed by atoms with Crippen LogP contribution in [-0.2, 0) is 23.9 Å². The van der Waals surface area contributed by atoms with E-state index in [1.807, 2.05) is 13.8 Å². The van der Waals surface area contributed by atoms with Crippen molar-refractivity contribution in [2.24, 2.45) is 28.6 Å². The molecule has 13 heteroatoms. The van der Waals surface area contributed by atoms with Crippen LogP contribution in [0.1, 0.15) is 67.2 Å². The molecule has 10 nitrogen and oxygen atoms in total. The monoisotopic (exact) mass is 581 g/mol. The number of nitrogens with zero attached hydrogens (tertiary/aromatic N) is 2. The second kappa shape index (κ2) is 9.06. The number of hydrogen-bond acceptors (Lipinski definition) is 6. The third-order valence-corrected chi connectivity index (χ3v) is 9.98. The highest BCUT2D eigenvalue weighted by Gasteiger charge is 2.97. The molecule has 0 bridgehead atoms. The van der Waals surface area contributed by atoms with Crippen LogP contribution < -0.4 is 16.0 Å². The van der Waals surface area contributed by atoms with Crippen LogP contribution in [0.25, 0.3) is 0 Å². The second-order valence-corrected chi connectivity index (χ2v) is 14.1. The fraction of sp³-hybridized carbons (Fsp3) is 0.821. The Morgan fingerprint density at radius 3 is 2.32 bits per heavy atom. The van der Waals surface area contributed by atoms with Gasteiger partial charge in [-0.15, -0.1) is 0 Å². The summed E-state index contributed by atoms with van der Waals surface area (Å²) >= 11 is 0. The summed E-state index contributed by atoms with van der Waals surface area (Å²) in [5.74, 6) is -4.11. The number of halogens is 3. The molecule has 2 heterocycles. The van der Waals surface area contributed by atoms with Gasteiger partial charge < -0.3 is 25.6 Å². The summed E-state index contributed by atoms with van der Waals surface area (Å²) in [6, 6.07) is -1.65. The number of carbonyl (C=O) groups excluding carboxylic acids is 4. The molecule has 3 N–H and O–H groups in total. The van der Waals surface area contributed by atoms with Crippen LogP contribution in [0.3, 0.4) is 0 Å². The van der Waals surface area contributed by atoms with Gasteiger partial charge in [0.25, 0.3) is 0 Å². The van der Waals surface area contributed by atoms with E-state index in [0.29, 0.717) is 6.42 Å². The Hall–Kier alpha value is -2.88. The van der Waals surface area contributed by atoms with Crippen LogP contribution in [0.5, 0.6) is 0 Å². The zero-order valence-electron chi connectivity index (χ0n) is 24.1. The molecule has 0 aromatic heterocycles. The van der Waals surface area contributed by atoms with Gasteiger partial charge in [0.2, 0.25) is 17.7 Å². The average Bonchev–Trinajstić information content (AvgIpc) is 3.76. The SMILES string of the molecule is C[C@H](OC(C)(C)C)[C@H](NC(=O)C(F)(F)F)C(=O)N1C[C@@H]2C3C(C)(C)C32C1C(=O)N[C@H](C#N)C[C@@H]1CC2(CC2)NC1=O. The maximum atomic E-state index is 13.9. The number of hydrogen-bond donors (Lipinski definition) is 3. The zero-order chi connectivity index (χ0) is 30.5. The first kappa shape index (κ1) is 29.6. The zero-order valence-corrected chi connectivity index (χ0v) is 24.1. The van der Waals surface area contributed by atoms with Crippen LogP contribution in [0.2, 0.25) is 0 Å². The summed E-state index contributed by atoms with van der Waals surface area (Å²) in [6.07, 6.45) is -3.86. The minimum atomic E-state index is -5.22. The lowest BCUT2D eigenvalue weighted by Crippen LogP contribution is -2.61. The van der Waals surface area contributed by atoms with Crippen molar-refractivity contribution in [3.05, 3.63) is 0 Å². The van der Waals surface area contributed by atoms with Crippen LogP contribution in [0, 0.1) is 39.9 Å². The average molecular weight is 582 g/mol. The van der Waals surface area contributed by atoms with Crippen molar-refractivity contribution >= 4 is 23.6 Å². The molecule has 4 amide bonds. The van der Waals surface area contributed by atoms with Gasteiger partial charge in [-0.2, -0.15) is 18.4 Å². The van der Waals surface area contributed by atoms with Crippen molar-refractivity contribution in [3.63, 3.8) is 0 Å². The number of carbonyl (C=O) groups is 4. The Labute approximate surface area is 237 Å². The summed E-state index contributed by atoms with van der Waals surface area (Å²) in [6.45, 7) is 10.5. The third kappa shape index (κ3) is 4.76. The molecular formula is C28H38F3N5O5. The van der Waals surface area contributed by atoms with Crippen molar-refractivity contribution in [2.45, 2.75) is 109 Å². The standard InChI is InChI=1S/C28H38F3N5O5/c1-13(41-24(2,3)4)17(34-23(40)28(29,30)31)22(39)36-12-16-18-25(5,6)27(16,18)19(36)21(38)33-15(11-32)9-14-10-26(7-8-26)35-20(14)37/h13-19H,7-10,12H2,1-6H3,(H,33,38)(H,34,40)(H,35,37)/t13-,14+,15-,16+,17-,18?,19?,27?/m0/s1. The van der Waals surface area contributed by atoms with Gasteiger partial charge in [-0.3, -0.25) is 19.2 Å². The number of rotatable bonds is 8. The molecule has 0 aromatic carbocycles. The fourth-order valence-corrected chi connectivity index (χ4v) is 8.11. The number of piperidine rings is 1. The van der Waals surface area contributed by atoms with Crippen LogP contribution in [0.15, 0.2) is 0 Å². The van der Waals surface area contributed by atoms with Crippen molar-refractivity contribution in [1.82, 2.24) is 20.9 Å². The Bertz CT molecular complexity index is 1220. The van der Waals surface area contributed by atoms with Crippen molar-refractivity contribution in [1.29, 1.82) is 5.26 Å². The van der Waals surface area contributed by atoms with Crippen LogP contribution in [-0.4, -0.2) is 76.6 Å². The summed E-state index contributed by atoms with van der Waals surface area (Å²) < 4.78 is 45.5. The number of nitriles is 1. The van der Waals surface area contributed by atoms with Gasteiger partial charge in [0.05, 0.1) is 17.8 Å². The summed E-state index contributed by atoms with van der Waals surface area (Å²) in [5, 5.41) is 17.3. The smallest absolute Gasteiger partial charge is 0.370 e. The Morgan fingerprint density at radius 1 is 1.20 bits per heavy atom. The van der Waals surface area contributed by atoms with E-state index < -0.39 is 65.1 Å². The van der Waals surface area contributed by atoms with E-state index in [-0.39, 0.29) is 41.7 Å². The maximum absolute atomic E-state index is 13.9. The van der Waals surface area contributed by atoms with Crippen molar-refractivity contribution in [3.8, 4) is 6.07 Å². The summed E-state index contributed by atoms with van der Waals surface area (Å²) in [5.41, 5.74) is -1.85. The quantitative estimate of drug-likeness (QED) is 0.399. The number of amides is 4. The molecule has 8 atom stereocenters. The largest absolute Gasteiger partial charge is 0.471 e. The molecule has 41 heavy (non-hydrogen) atoms. The number of ether oxygens (including phenoxy) is 1. The van der Waals surface area contributed by atoms with E-state index in [1.165, 1.54) is 11.8 Å². The number of alkyl halides is 3. The second-order valence-electron chi connectivity index (χ2n) is 14.1. The molecule has 0 radical (unpaired) electrons. The normalized spacial score (nSPS) is 34.0. The predicted molar refractivity (Wildman–Crippen MR) is 137 cm³/mol. The molecule has 2 saturated heterocycles. The molecule has 3 aliphatic carbocycles. The topological polar surface area (TPSA) is 141 Å². The first-order chi connectivity index (χ1) is 18.8. The highest BCUT2D eigenvalue weighted by molar-refractivity contribution is 5.96.